The number of hydrogen-bond acceptors (Lipinski definition) is 6. The Morgan fingerprint density at radius 3 is 2.77 bits per heavy atom. The molecule has 3 heterocycles. The zero-order chi connectivity index (χ0) is 24.6. The summed E-state index contributed by atoms with van der Waals surface area (Å²) in [6.45, 7) is 2.42. The van der Waals surface area contributed by atoms with Gasteiger partial charge in [-0.2, -0.15) is 0 Å². The second-order valence-electron chi connectivity index (χ2n) is 9.48. The highest BCUT2D eigenvalue weighted by atomic mass is 16.5. The molecule has 3 aromatic rings. The summed E-state index contributed by atoms with van der Waals surface area (Å²) >= 11 is 0. The highest BCUT2D eigenvalue weighted by Gasteiger charge is 2.34. The fourth-order valence-electron chi connectivity index (χ4n) is 5.20. The number of aryl methyl sites for hydroxylation is 1. The zero-order valence-electron chi connectivity index (χ0n) is 20.3. The fraction of sp³-hybridized carbons (Fsp3) is 0.464. The monoisotopic (exact) mass is 477 g/mol. The summed E-state index contributed by atoms with van der Waals surface area (Å²) in [5, 5.41) is 21.8. The standard InChI is InChI=1S/C28H35N3O4/c1-35-22-6-7-26-24(18-22)23(11-15-30-26)27(32)8-5-21-12-17-31(19-25(21)28(33)34)16-3-2-4-20-9-13-29-14-10-20/h6-7,9-11,13-15,18,21,25,27,32H,2-5,8,12,16-17,19H2,1H3,(H,33,34)/t21-,25+,27+/m1/s1. The van der Waals surface area contributed by atoms with Crippen molar-refractivity contribution < 1.29 is 19.7 Å². The second-order valence-corrected chi connectivity index (χ2v) is 9.48. The van der Waals surface area contributed by atoms with Crippen LogP contribution in [-0.4, -0.2) is 57.8 Å². The van der Waals surface area contributed by atoms with Gasteiger partial charge in [0.15, 0.2) is 0 Å². The zero-order valence-corrected chi connectivity index (χ0v) is 20.3. The van der Waals surface area contributed by atoms with Gasteiger partial charge in [0, 0.05) is 30.5 Å². The van der Waals surface area contributed by atoms with E-state index in [0.29, 0.717) is 19.4 Å². The van der Waals surface area contributed by atoms with Gasteiger partial charge in [-0.1, -0.05) is 0 Å². The molecule has 1 fully saturated rings. The van der Waals surface area contributed by atoms with Crippen molar-refractivity contribution >= 4 is 16.9 Å². The Bertz CT molecular complexity index is 1110. The number of benzene rings is 1. The Balaban J connectivity index is 1.30. The maximum Gasteiger partial charge on any atom is 0.308 e. The minimum Gasteiger partial charge on any atom is -0.497 e. The van der Waals surface area contributed by atoms with Gasteiger partial charge in [0.1, 0.15) is 5.75 Å². The average Bonchev–Trinajstić information content (AvgIpc) is 2.89. The molecule has 4 rings (SSSR count). The number of unbranched alkanes of at least 4 members (excludes halogenated alkanes) is 1. The summed E-state index contributed by atoms with van der Waals surface area (Å²) in [6.07, 6.45) is 9.89. The molecule has 35 heavy (non-hydrogen) atoms. The van der Waals surface area contributed by atoms with Crippen LogP contribution in [0.25, 0.3) is 10.9 Å². The number of hydrogen-bond donors (Lipinski definition) is 2. The largest absolute Gasteiger partial charge is 0.497 e. The van der Waals surface area contributed by atoms with Crippen molar-refractivity contribution in [1.82, 2.24) is 14.9 Å². The summed E-state index contributed by atoms with van der Waals surface area (Å²) in [6, 6.07) is 11.6. The number of piperidine rings is 1. The van der Waals surface area contributed by atoms with Gasteiger partial charge in [-0.3, -0.25) is 14.8 Å². The molecule has 0 spiro atoms. The molecule has 1 aromatic carbocycles. The Morgan fingerprint density at radius 1 is 1.17 bits per heavy atom. The van der Waals surface area contributed by atoms with Crippen LogP contribution >= 0.6 is 0 Å². The number of likely N-dealkylation sites (tertiary alicyclic amines) is 1. The van der Waals surface area contributed by atoms with Crippen LogP contribution in [-0.2, 0) is 11.2 Å². The predicted octanol–water partition coefficient (Wildman–Crippen LogP) is 4.50. The first kappa shape index (κ1) is 25.1. The Kier molecular flexibility index (Phi) is 8.66. The van der Waals surface area contributed by atoms with Crippen LogP contribution in [0.3, 0.4) is 0 Å². The maximum absolute atomic E-state index is 12.1. The van der Waals surface area contributed by atoms with Crippen LogP contribution in [0.4, 0.5) is 0 Å². The van der Waals surface area contributed by atoms with Crippen molar-refractivity contribution in [2.24, 2.45) is 11.8 Å². The van der Waals surface area contributed by atoms with Gasteiger partial charge in [0.25, 0.3) is 0 Å². The average molecular weight is 478 g/mol. The van der Waals surface area contributed by atoms with E-state index in [-0.39, 0.29) is 5.92 Å². The minimum atomic E-state index is -0.731. The summed E-state index contributed by atoms with van der Waals surface area (Å²) in [4.78, 5) is 22.8. The van der Waals surface area contributed by atoms with E-state index in [2.05, 4.69) is 14.9 Å². The molecule has 2 aromatic heterocycles. The first-order chi connectivity index (χ1) is 17.0. The van der Waals surface area contributed by atoms with E-state index in [0.717, 1.165) is 61.0 Å². The van der Waals surface area contributed by atoms with E-state index in [1.54, 1.807) is 13.3 Å². The number of aliphatic carboxylic acids is 1. The normalized spacial score (nSPS) is 19.5. The number of ether oxygens (including phenoxy) is 1. The Morgan fingerprint density at radius 2 is 2.00 bits per heavy atom. The summed E-state index contributed by atoms with van der Waals surface area (Å²) in [5.74, 6) is -0.341. The summed E-state index contributed by atoms with van der Waals surface area (Å²) in [7, 11) is 1.62. The van der Waals surface area contributed by atoms with Gasteiger partial charge in [-0.05, 0) is 105 Å². The highest BCUT2D eigenvalue weighted by Crippen LogP contribution is 2.33. The molecule has 1 aliphatic heterocycles. The molecule has 1 aliphatic rings. The van der Waals surface area contributed by atoms with Gasteiger partial charge in [-0.25, -0.2) is 0 Å². The molecule has 7 nitrogen and oxygen atoms in total. The lowest BCUT2D eigenvalue weighted by molar-refractivity contribution is -0.146. The smallest absolute Gasteiger partial charge is 0.308 e. The molecular formula is C28H35N3O4. The van der Waals surface area contributed by atoms with Crippen LogP contribution in [0.5, 0.6) is 5.75 Å². The SMILES string of the molecule is COc1ccc2nccc([C@@H](O)CC[C@@H]3CCN(CCCCc4ccncc4)C[C@@H]3C(=O)O)c2c1. The molecule has 3 atom stereocenters. The van der Waals surface area contributed by atoms with E-state index < -0.39 is 18.0 Å². The number of carboxylic acid groups (broad SMARTS) is 1. The van der Waals surface area contributed by atoms with Crippen LogP contribution in [0.1, 0.15) is 49.3 Å². The third-order valence-corrected chi connectivity index (χ3v) is 7.25. The van der Waals surface area contributed by atoms with E-state index in [1.165, 1.54) is 5.56 Å². The van der Waals surface area contributed by atoms with Crippen molar-refractivity contribution in [3.05, 3.63) is 66.1 Å². The number of rotatable bonds is 11. The van der Waals surface area contributed by atoms with E-state index in [1.807, 2.05) is 48.8 Å². The molecule has 0 aliphatic carbocycles. The first-order valence-electron chi connectivity index (χ1n) is 12.5. The topological polar surface area (TPSA) is 95.8 Å². The van der Waals surface area contributed by atoms with Crippen molar-refractivity contribution in [3.8, 4) is 5.75 Å². The minimum absolute atomic E-state index is 0.0675. The second kappa shape index (κ2) is 12.1. The van der Waals surface area contributed by atoms with Gasteiger partial charge < -0.3 is 19.8 Å². The molecule has 7 heteroatoms. The fourth-order valence-corrected chi connectivity index (χ4v) is 5.20. The Hall–Kier alpha value is -3.03. The molecule has 0 bridgehead atoms. The number of methoxy groups -OCH3 is 1. The summed E-state index contributed by atoms with van der Waals surface area (Å²) < 4.78 is 5.34. The van der Waals surface area contributed by atoms with Crippen LogP contribution in [0.15, 0.2) is 55.0 Å². The van der Waals surface area contributed by atoms with E-state index in [9.17, 15) is 15.0 Å². The lowest BCUT2D eigenvalue weighted by atomic mass is 9.81. The Labute approximate surface area is 206 Å². The molecular weight excluding hydrogens is 442 g/mol. The molecule has 1 saturated heterocycles. The van der Waals surface area contributed by atoms with Crippen molar-refractivity contribution in [1.29, 1.82) is 0 Å². The lowest BCUT2D eigenvalue weighted by Crippen LogP contribution is -2.44. The first-order valence-corrected chi connectivity index (χ1v) is 12.5. The molecule has 0 amide bonds. The predicted molar refractivity (Wildman–Crippen MR) is 135 cm³/mol. The quantitative estimate of drug-likeness (QED) is 0.393. The number of carboxylic acids is 1. The van der Waals surface area contributed by atoms with Crippen LogP contribution in [0, 0.1) is 11.8 Å². The number of aromatic nitrogens is 2. The van der Waals surface area contributed by atoms with Gasteiger partial charge >= 0.3 is 5.97 Å². The molecule has 186 valence electrons. The third-order valence-electron chi connectivity index (χ3n) is 7.25. The molecule has 0 radical (unpaired) electrons. The number of nitrogens with zero attached hydrogens (tertiary/aromatic N) is 3. The van der Waals surface area contributed by atoms with Gasteiger partial charge in [0.2, 0.25) is 0 Å². The lowest BCUT2D eigenvalue weighted by Gasteiger charge is -2.37. The molecule has 0 saturated carbocycles. The van der Waals surface area contributed by atoms with E-state index in [4.69, 9.17) is 4.74 Å². The number of carbonyl (C=O) groups is 1. The third kappa shape index (κ3) is 6.55. The highest BCUT2D eigenvalue weighted by molar-refractivity contribution is 5.83. The number of fused-ring (bicyclic) bond motifs is 1. The van der Waals surface area contributed by atoms with Crippen molar-refractivity contribution in [2.75, 3.05) is 26.7 Å². The number of pyridine rings is 2. The maximum atomic E-state index is 12.1. The van der Waals surface area contributed by atoms with Gasteiger partial charge in [0.05, 0.1) is 24.6 Å². The number of aliphatic hydroxyl groups is 1. The van der Waals surface area contributed by atoms with Crippen LogP contribution < -0.4 is 4.74 Å². The van der Waals surface area contributed by atoms with E-state index >= 15 is 0 Å². The number of aliphatic hydroxyl groups excluding tert-OH is 1. The molecule has 2 N–H and O–H groups in total. The van der Waals surface area contributed by atoms with Gasteiger partial charge in [-0.15, -0.1) is 0 Å². The van der Waals surface area contributed by atoms with Crippen LogP contribution in [0.2, 0.25) is 0 Å². The summed E-state index contributed by atoms with van der Waals surface area (Å²) in [5.41, 5.74) is 2.91. The van der Waals surface area contributed by atoms with Crippen molar-refractivity contribution in [3.63, 3.8) is 0 Å². The van der Waals surface area contributed by atoms with Crippen molar-refractivity contribution in [2.45, 2.75) is 44.6 Å². The molecule has 0 unspecified atom stereocenters.